The number of furan rings is 1. The number of ether oxygens (including phenoxy) is 1. The summed E-state index contributed by atoms with van der Waals surface area (Å²) in [7, 11) is 0. The largest absolute Gasteiger partial charge is 0.492 e. The van der Waals surface area contributed by atoms with Crippen LogP contribution in [-0.2, 0) is 6.42 Å². The van der Waals surface area contributed by atoms with Gasteiger partial charge >= 0.3 is 0 Å². The summed E-state index contributed by atoms with van der Waals surface area (Å²) in [4.78, 5) is 14.5. The van der Waals surface area contributed by atoms with Crippen LogP contribution >= 0.6 is 0 Å². The first-order chi connectivity index (χ1) is 15.1. The van der Waals surface area contributed by atoms with Crippen molar-refractivity contribution in [2.24, 2.45) is 5.73 Å². The number of nitrogens with zero attached hydrogens (tertiary/aromatic N) is 1. The number of nitrogens with two attached hydrogens (primary N) is 1. The van der Waals surface area contributed by atoms with Crippen molar-refractivity contribution in [1.82, 2.24) is 10.3 Å². The van der Waals surface area contributed by atoms with Crippen LogP contribution in [0, 0.1) is 11.3 Å². The molecule has 0 aliphatic rings. The Kier molecular flexibility index (Phi) is 6.20. The minimum Gasteiger partial charge on any atom is -0.492 e. The molecule has 4 aromatic rings. The van der Waals surface area contributed by atoms with Crippen molar-refractivity contribution in [3.8, 4) is 11.8 Å². The van der Waals surface area contributed by atoms with Gasteiger partial charge < -0.3 is 25.2 Å². The van der Waals surface area contributed by atoms with Crippen molar-refractivity contribution in [2.75, 3.05) is 19.7 Å². The molecule has 0 unspecified atom stereocenters. The van der Waals surface area contributed by atoms with Gasteiger partial charge in [-0.05, 0) is 67.8 Å². The number of unbranched alkanes of at least 4 members (excludes halogenated alkanes) is 1. The third-order valence-corrected chi connectivity index (χ3v) is 5.23. The molecule has 0 atom stereocenters. The number of aromatic nitrogens is 1. The summed E-state index contributed by atoms with van der Waals surface area (Å²) in [6.45, 7) is 2.18. The lowest BCUT2D eigenvalue weighted by Gasteiger charge is -2.07. The normalized spacial score (nSPS) is 11.1. The fraction of sp³-hybridized carbons (Fsp3) is 0.250. The van der Waals surface area contributed by atoms with Gasteiger partial charge in [-0.1, -0.05) is 0 Å². The molecule has 158 valence electrons. The number of primary amides is 1. The van der Waals surface area contributed by atoms with Crippen molar-refractivity contribution in [3.05, 3.63) is 65.5 Å². The lowest BCUT2D eigenvalue weighted by molar-refractivity contribution is 0.0976. The maximum atomic E-state index is 11.2. The van der Waals surface area contributed by atoms with E-state index < -0.39 is 5.91 Å². The number of amides is 1. The van der Waals surface area contributed by atoms with Crippen LogP contribution in [0.5, 0.6) is 5.75 Å². The molecular weight excluding hydrogens is 392 g/mol. The van der Waals surface area contributed by atoms with E-state index >= 15 is 0 Å². The van der Waals surface area contributed by atoms with Crippen LogP contribution in [0.1, 0.15) is 34.5 Å². The molecule has 2 aromatic carbocycles. The van der Waals surface area contributed by atoms with E-state index in [1.807, 2.05) is 36.5 Å². The molecule has 0 saturated heterocycles. The summed E-state index contributed by atoms with van der Waals surface area (Å²) in [5, 5.41) is 14.4. The fourth-order valence-electron chi connectivity index (χ4n) is 3.61. The Labute approximate surface area is 179 Å². The Bertz CT molecular complexity index is 1250. The predicted octanol–water partition coefficient (Wildman–Crippen LogP) is 3.88. The quantitative estimate of drug-likeness (QED) is 0.339. The van der Waals surface area contributed by atoms with Crippen LogP contribution in [-0.4, -0.2) is 30.6 Å². The SMILES string of the molecule is N#Cc1ccc2[nH]cc(CCCCNCCOc3ccc4cc(C(N)=O)oc4c3)c2c1. The second-order valence-corrected chi connectivity index (χ2v) is 7.42. The van der Waals surface area contributed by atoms with Gasteiger partial charge in [0.25, 0.3) is 5.91 Å². The fourth-order valence-corrected chi connectivity index (χ4v) is 3.61. The molecule has 0 bridgehead atoms. The minimum absolute atomic E-state index is 0.145. The Hall–Kier alpha value is -3.76. The van der Waals surface area contributed by atoms with Crippen LogP contribution in [0.4, 0.5) is 0 Å². The molecule has 0 fully saturated rings. The minimum atomic E-state index is -0.584. The molecule has 7 heteroatoms. The number of H-pyrrole nitrogens is 1. The van der Waals surface area contributed by atoms with Crippen LogP contribution in [0.25, 0.3) is 21.9 Å². The number of hydrogen-bond acceptors (Lipinski definition) is 5. The lowest BCUT2D eigenvalue weighted by Crippen LogP contribution is -2.22. The summed E-state index contributed by atoms with van der Waals surface area (Å²) >= 11 is 0. The van der Waals surface area contributed by atoms with Crippen molar-refractivity contribution in [2.45, 2.75) is 19.3 Å². The number of aromatic amines is 1. The zero-order chi connectivity index (χ0) is 21.6. The highest BCUT2D eigenvalue weighted by Gasteiger charge is 2.09. The summed E-state index contributed by atoms with van der Waals surface area (Å²) in [5.74, 6) is 0.252. The summed E-state index contributed by atoms with van der Waals surface area (Å²) in [6.07, 6.45) is 5.13. The number of benzene rings is 2. The third kappa shape index (κ3) is 4.87. The van der Waals surface area contributed by atoms with E-state index in [2.05, 4.69) is 16.4 Å². The Morgan fingerprint density at radius 3 is 2.90 bits per heavy atom. The summed E-state index contributed by atoms with van der Waals surface area (Å²) in [5.41, 5.74) is 8.84. The van der Waals surface area contributed by atoms with Gasteiger partial charge in [-0.2, -0.15) is 5.26 Å². The molecule has 0 radical (unpaired) electrons. The van der Waals surface area contributed by atoms with Crippen LogP contribution in [0.3, 0.4) is 0 Å². The highest BCUT2D eigenvalue weighted by molar-refractivity contribution is 5.95. The van der Waals surface area contributed by atoms with E-state index in [0.29, 0.717) is 23.5 Å². The van der Waals surface area contributed by atoms with Crippen LogP contribution < -0.4 is 15.8 Å². The van der Waals surface area contributed by atoms with Crippen molar-refractivity contribution in [3.63, 3.8) is 0 Å². The topological polar surface area (TPSA) is 117 Å². The van der Waals surface area contributed by atoms with Crippen molar-refractivity contribution >= 4 is 27.8 Å². The molecule has 31 heavy (non-hydrogen) atoms. The predicted molar refractivity (Wildman–Crippen MR) is 119 cm³/mol. The number of carbonyl (C=O) groups excluding carboxylic acids is 1. The van der Waals surface area contributed by atoms with E-state index in [4.69, 9.17) is 20.1 Å². The number of carbonyl (C=O) groups is 1. The molecule has 2 aromatic heterocycles. The highest BCUT2D eigenvalue weighted by atomic mass is 16.5. The summed E-state index contributed by atoms with van der Waals surface area (Å²) < 4.78 is 11.2. The molecular formula is C24H24N4O3. The number of aryl methyl sites for hydroxylation is 1. The zero-order valence-electron chi connectivity index (χ0n) is 17.1. The molecule has 4 N–H and O–H groups in total. The van der Waals surface area contributed by atoms with Gasteiger partial charge in [-0.3, -0.25) is 4.79 Å². The molecule has 0 saturated carbocycles. The number of rotatable bonds is 10. The number of fused-ring (bicyclic) bond motifs is 2. The summed E-state index contributed by atoms with van der Waals surface area (Å²) in [6, 6.07) is 15.0. The van der Waals surface area contributed by atoms with Crippen LogP contribution in [0.15, 0.2) is 53.1 Å². The molecule has 0 spiro atoms. The molecule has 0 aliphatic heterocycles. The van der Waals surface area contributed by atoms with Crippen molar-refractivity contribution < 1.29 is 13.9 Å². The average Bonchev–Trinajstić information content (AvgIpc) is 3.39. The van der Waals surface area contributed by atoms with Gasteiger partial charge in [0.05, 0.1) is 11.6 Å². The first kappa shape index (κ1) is 20.5. The zero-order valence-corrected chi connectivity index (χ0v) is 17.1. The van der Waals surface area contributed by atoms with Crippen LogP contribution in [0.2, 0.25) is 0 Å². The van der Waals surface area contributed by atoms with Gasteiger partial charge in [0.1, 0.15) is 17.9 Å². The number of hydrogen-bond donors (Lipinski definition) is 3. The van der Waals surface area contributed by atoms with E-state index in [9.17, 15) is 4.79 Å². The van der Waals surface area contributed by atoms with E-state index in [1.165, 1.54) is 5.56 Å². The second kappa shape index (κ2) is 9.37. The lowest BCUT2D eigenvalue weighted by atomic mass is 10.1. The van der Waals surface area contributed by atoms with E-state index in [0.717, 1.165) is 48.6 Å². The second-order valence-electron chi connectivity index (χ2n) is 7.42. The van der Waals surface area contributed by atoms with Gasteiger partial charge in [0.15, 0.2) is 5.76 Å². The first-order valence-corrected chi connectivity index (χ1v) is 10.3. The van der Waals surface area contributed by atoms with Gasteiger partial charge in [0, 0.05) is 35.1 Å². The molecule has 0 aliphatic carbocycles. The first-order valence-electron chi connectivity index (χ1n) is 10.3. The number of nitrogens with one attached hydrogen (secondary N) is 2. The molecule has 1 amide bonds. The molecule has 2 heterocycles. The van der Waals surface area contributed by atoms with Gasteiger partial charge in [0.2, 0.25) is 0 Å². The van der Waals surface area contributed by atoms with E-state index in [-0.39, 0.29) is 5.76 Å². The Balaban J connectivity index is 1.16. The Morgan fingerprint density at radius 2 is 2.06 bits per heavy atom. The van der Waals surface area contributed by atoms with Crippen molar-refractivity contribution in [1.29, 1.82) is 5.26 Å². The average molecular weight is 416 g/mol. The third-order valence-electron chi connectivity index (χ3n) is 5.23. The van der Waals surface area contributed by atoms with Gasteiger partial charge in [-0.25, -0.2) is 0 Å². The monoisotopic (exact) mass is 416 g/mol. The van der Waals surface area contributed by atoms with E-state index in [1.54, 1.807) is 12.1 Å². The maximum Gasteiger partial charge on any atom is 0.284 e. The van der Waals surface area contributed by atoms with Gasteiger partial charge in [-0.15, -0.1) is 0 Å². The smallest absolute Gasteiger partial charge is 0.284 e. The standard InChI is InChI=1S/C24H24N4O3/c25-14-16-4-7-21-20(11-16)18(15-28-21)3-1-2-8-27-9-10-30-19-6-5-17-12-23(24(26)29)31-22(17)13-19/h4-7,11-13,15,27-28H,1-3,8-10H2,(H2,26,29). The Morgan fingerprint density at radius 1 is 1.16 bits per heavy atom. The molecule has 4 rings (SSSR count). The number of nitriles is 1. The maximum absolute atomic E-state index is 11.2. The highest BCUT2D eigenvalue weighted by Crippen LogP contribution is 2.24. The molecule has 7 nitrogen and oxygen atoms in total.